The second-order valence-corrected chi connectivity index (χ2v) is 4.70. The summed E-state index contributed by atoms with van der Waals surface area (Å²) in [6.07, 6.45) is 0. The Bertz CT molecular complexity index is 538. The summed E-state index contributed by atoms with van der Waals surface area (Å²) >= 11 is 0. The third kappa shape index (κ3) is 3.24. The molecule has 5 nitrogen and oxygen atoms in total. The number of anilines is 1. The van der Waals surface area contributed by atoms with E-state index in [0.717, 1.165) is 17.6 Å². The topological polar surface area (TPSA) is 64.5 Å². The SMILES string of the molecule is CCN(Cc1nc2cc(N)ccc2o1)C(C)COC. The molecule has 2 N–H and O–H groups in total. The number of nitrogen functional groups attached to an aromatic ring is 1. The van der Waals surface area contributed by atoms with Crippen molar-refractivity contribution in [2.75, 3.05) is 26.0 Å². The number of fused-ring (bicyclic) bond motifs is 1. The minimum Gasteiger partial charge on any atom is -0.439 e. The van der Waals surface area contributed by atoms with Crippen LogP contribution < -0.4 is 5.73 Å². The van der Waals surface area contributed by atoms with Gasteiger partial charge in [0.25, 0.3) is 0 Å². The normalized spacial score (nSPS) is 13.3. The number of oxazole rings is 1. The van der Waals surface area contributed by atoms with Crippen molar-refractivity contribution in [1.82, 2.24) is 9.88 Å². The minimum atomic E-state index is 0.329. The number of hydrogen-bond acceptors (Lipinski definition) is 5. The number of ether oxygens (including phenoxy) is 1. The molecule has 0 saturated carbocycles. The van der Waals surface area contributed by atoms with Crippen LogP contribution in [0.5, 0.6) is 0 Å². The molecule has 104 valence electrons. The average Bonchev–Trinajstić information content (AvgIpc) is 2.77. The molecule has 1 aromatic heterocycles. The fourth-order valence-electron chi connectivity index (χ4n) is 2.16. The van der Waals surface area contributed by atoms with Crippen LogP contribution in [0.3, 0.4) is 0 Å². The molecule has 0 aliphatic carbocycles. The number of aromatic nitrogens is 1. The Kier molecular flexibility index (Phi) is 4.39. The van der Waals surface area contributed by atoms with Crippen LogP contribution in [0.4, 0.5) is 5.69 Å². The van der Waals surface area contributed by atoms with E-state index in [1.54, 1.807) is 7.11 Å². The molecule has 5 heteroatoms. The molecule has 1 heterocycles. The smallest absolute Gasteiger partial charge is 0.209 e. The highest BCUT2D eigenvalue weighted by atomic mass is 16.5. The number of methoxy groups -OCH3 is 1. The lowest BCUT2D eigenvalue weighted by molar-refractivity contribution is 0.0928. The molecule has 0 fully saturated rings. The van der Waals surface area contributed by atoms with E-state index in [2.05, 4.69) is 23.7 Å². The van der Waals surface area contributed by atoms with E-state index in [0.29, 0.717) is 30.8 Å². The van der Waals surface area contributed by atoms with E-state index < -0.39 is 0 Å². The molecule has 1 aromatic carbocycles. The summed E-state index contributed by atoms with van der Waals surface area (Å²) in [6.45, 7) is 6.54. The lowest BCUT2D eigenvalue weighted by Crippen LogP contribution is -2.35. The fraction of sp³-hybridized carbons (Fsp3) is 0.500. The molecule has 0 aliphatic heterocycles. The highest BCUT2D eigenvalue weighted by Gasteiger charge is 2.15. The van der Waals surface area contributed by atoms with Crippen LogP contribution >= 0.6 is 0 Å². The molecule has 2 rings (SSSR count). The highest BCUT2D eigenvalue weighted by molar-refractivity contribution is 5.76. The first kappa shape index (κ1) is 13.8. The Morgan fingerprint density at radius 1 is 1.47 bits per heavy atom. The van der Waals surface area contributed by atoms with E-state index in [9.17, 15) is 0 Å². The van der Waals surface area contributed by atoms with E-state index in [1.807, 2.05) is 18.2 Å². The van der Waals surface area contributed by atoms with Crippen LogP contribution in [0.25, 0.3) is 11.1 Å². The van der Waals surface area contributed by atoms with Crippen LogP contribution in [-0.4, -0.2) is 36.2 Å². The predicted molar refractivity (Wildman–Crippen MR) is 75.8 cm³/mol. The number of nitrogens with zero attached hydrogens (tertiary/aromatic N) is 2. The zero-order chi connectivity index (χ0) is 13.8. The summed E-state index contributed by atoms with van der Waals surface area (Å²) in [6, 6.07) is 5.84. The van der Waals surface area contributed by atoms with Crippen LogP contribution in [0, 0.1) is 0 Å². The van der Waals surface area contributed by atoms with Gasteiger partial charge in [-0.3, -0.25) is 4.90 Å². The van der Waals surface area contributed by atoms with Gasteiger partial charge >= 0.3 is 0 Å². The van der Waals surface area contributed by atoms with Crippen molar-refractivity contribution in [1.29, 1.82) is 0 Å². The summed E-state index contributed by atoms with van der Waals surface area (Å²) in [4.78, 5) is 6.74. The Hall–Kier alpha value is -1.59. The maximum absolute atomic E-state index is 5.74. The first-order chi connectivity index (χ1) is 9.13. The fourth-order valence-corrected chi connectivity index (χ4v) is 2.16. The minimum absolute atomic E-state index is 0.329. The number of benzene rings is 1. The van der Waals surface area contributed by atoms with Crippen molar-refractivity contribution in [3.05, 3.63) is 24.1 Å². The Labute approximate surface area is 113 Å². The lowest BCUT2D eigenvalue weighted by Gasteiger charge is -2.25. The second-order valence-electron chi connectivity index (χ2n) is 4.70. The largest absolute Gasteiger partial charge is 0.439 e. The molecule has 0 saturated heterocycles. The molecule has 0 bridgehead atoms. The van der Waals surface area contributed by atoms with Gasteiger partial charge in [0, 0.05) is 18.8 Å². The number of rotatable bonds is 6. The van der Waals surface area contributed by atoms with Crippen LogP contribution in [0.2, 0.25) is 0 Å². The lowest BCUT2D eigenvalue weighted by atomic mass is 10.3. The maximum Gasteiger partial charge on any atom is 0.209 e. The molecule has 0 aliphatic rings. The van der Waals surface area contributed by atoms with Gasteiger partial charge in [0.1, 0.15) is 5.52 Å². The van der Waals surface area contributed by atoms with Crippen molar-refractivity contribution in [2.45, 2.75) is 26.4 Å². The summed E-state index contributed by atoms with van der Waals surface area (Å²) in [5.74, 6) is 0.713. The molecule has 2 aromatic rings. The summed E-state index contributed by atoms with van der Waals surface area (Å²) in [5, 5.41) is 0. The zero-order valence-corrected chi connectivity index (χ0v) is 11.7. The molecule has 1 atom stereocenters. The maximum atomic E-state index is 5.74. The summed E-state index contributed by atoms with van der Waals surface area (Å²) in [7, 11) is 1.71. The molecule has 1 unspecified atom stereocenters. The summed E-state index contributed by atoms with van der Waals surface area (Å²) < 4.78 is 10.9. The molecular formula is C14H21N3O2. The van der Waals surface area contributed by atoms with Gasteiger partial charge in [0.15, 0.2) is 5.58 Å². The highest BCUT2D eigenvalue weighted by Crippen LogP contribution is 2.19. The Balaban J connectivity index is 2.15. The van der Waals surface area contributed by atoms with Crippen molar-refractivity contribution in [3.8, 4) is 0 Å². The van der Waals surface area contributed by atoms with Gasteiger partial charge in [-0.1, -0.05) is 6.92 Å². The zero-order valence-electron chi connectivity index (χ0n) is 11.7. The van der Waals surface area contributed by atoms with E-state index >= 15 is 0 Å². The van der Waals surface area contributed by atoms with Gasteiger partial charge in [-0.2, -0.15) is 0 Å². The molecule has 0 amide bonds. The first-order valence-electron chi connectivity index (χ1n) is 6.52. The van der Waals surface area contributed by atoms with Crippen LogP contribution in [0.15, 0.2) is 22.6 Å². The number of likely N-dealkylation sites (N-methyl/N-ethyl adjacent to an activating group) is 1. The Morgan fingerprint density at radius 3 is 2.95 bits per heavy atom. The monoisotopic (exact) mass is 263 g/mol. The molecule has 0 spiro atoms. The van der Waals surface area contributed by atoms with Gasteiger partial charge in [0.2, 0.25) is 5.89 Å². The van der Waals surface area contributed by atoms with Gasteiger partial charge in [-0.25, -0.2) is 4.98 Å². The van der Waals surface area contributed by atoms with Crippen molar-refractivity contribution >= 4 is 16.8 Å². The molecule has 0 radical (unpaired) electrons. The number of hydrogen-bond donors (Lipinski definition) is 1. The number of nitrogens with two attached hydrogens (primary N) is 1. The van der Waals surface area contributed by atoms with E-state index in [-0.39, 0.29) is 0 Å². The van der Waals surface area contributed by atoms with E-state index in [1.165, 1.54) is 0 Å². The second kappa shape index (κ2) is 6.04. The third-order valence-corrected chi connectivity index (χ3v) is 3.23. The van der Waals surface area contributed by atoms with Crippen molar-refractivity contribution in [3.63, 3.8) is 0 Å². The van der Waals surface area contributed by atoms with Gasteiger partial charge in [-0.05, 0) is 31.7 Å². The van der Waals surface area contributed by atoms with Crippen molar-refractivity contribution < 1.29 is 9.15 Å². The van der Waals surface area contributed by atoms with Gasteiger partial charge in [-0.15, -0.1) is 0 Å². The first-order valence-corrected chi connectivity index (χ1v) is 6.52. The van der Waals surface area contributed by atoms with Crippen LogP contribution in [-0.2, 0) is 11.3 Å². The van der Waals surface area contributed by atoms with Crippen molar-refractivity contribution in [2.24, 2.45) is 0 Å². The van der Waals surface area contributed by atoms with E-state index in [4.69, 9.17) is 14.9 Å². The van der Waals surface area contributed by atoms with Crippen LogP contribution in [0.1, 0.15) is 19.7 Å². The molecule has 19 heavy (non-hydrogen) atoms. The third-order valence-electron chi connectivity index (χ3n) is 3.23. The van der Waals surface area contributed by atoms with Gasteiger partial charge < -0.3 is 14.9 Å². The predicted octanol–water partition coefficient (Wildman–Crippen LogP) is 2.27. The summed E-state index contributed by atoms with van der Waals surface area (Å²) in [5.41, 5.74) is 8.03. The quantitative estimate of drug-likeness (QED) is 0.810. The standard InChI is InChI=1S/C14H21N3O2/c1-4-17(10(2)9-18-3)8-14-16-12-7-11(15)5-6-13(12)19-14/h5-7,10H,4,8-9,15H2,1-3H3. The Morgan fingerprint density at radius 2 is 2.26 bits per heavy atom. The average molecular weight is 263 g/mol. The molecular weight excluding hydrogens is 242 g/mol. The van der Waals surface area contributed by atoms with Gasteiger partial charge in [0.05, 0.1) is 13.2 Å².